The summed E-state index contributed by atoms with van der Waals surface area (Å²) in [4.78, 5) is 10.1. The third-order valence-electron chi connectivity index (χ3n) is 2.33. The predicted octanol–water partition coefficient (Wildman–Crippen LogP) is 1.29. The van der Waals surface area contributed by atoms with Crippen LogP contribution in [0.4, 0.5) is 16.5 Å². The Labute approximate surface area is 117 Å². The van der Waals surface area contributed by atoms with E-state index in [9.17, 15) is 18.5 Å². The molecule has 0 radical (unpaired) electrons. The first kappa shape index (κ1) is 14.1. The number of nitro benzene ring substituents is 1. The number of nitrogens with one attached hydrogen (secondary N) is 2. The quantitative estimate of drug-likeness (QED) is 0.628. The zero-order valence-corrected chi connectivity index (χ0v) is 11.7. The van der Waals surface area contributed by atoms with Gasteiger partial charge in [0.05, 0.1) is 9.82 Å². The monoisotopic (exact) mass is 315 g/mol. The molecule has 0 aliphatic carbocycles. The van der Waals surface area contributed by atoms with E-state index >= 15 is 0 Å². The Morgan fingerprint density at radius 3 is 2.70 bits per heavy atom. The molecule has 0 aliphatic rings. The van der Waals surface area contributed by atoms with Crippen LogP contribution < -0.4 is 10.0 Å². The van der Waals surface area contributed by atoms with Gasteiger partial charge < -0.3 is 5.32 Å². The van der Waals surface area contributed by atoms with Crippen LogP contribution in [0.5, 0.6) is 0 Å². The summed E-state index contributed by atoms with van der Waals surface area (Å²) in [6, 6.07) is 3.46. The number of hydrogen-bond donors (Lipinski definition) is 2. The minimum Gasteiger partial charge on any atom is -0.383 e. The zero-order chi connectivity index (χ0) is 14.8. The van der Waals surface area contributed by atoms with E-state index in [4.69, 9.17) is 0 Å². The van der Waals surface area contributed by atoms with E-state index in [0.717, 1.165) is 23.5 Å². The Morgan fingerprint density at radius 2 is 2.15 bits per heavy atom. The van der Waals surface area contributed by atoms with Crippen LogP contribution in [0.25, 0.3) is 0 Å². The molecule has 1 aromatic heterocycles. The Hall–Kier alpha value is -2.27. The number of benzene rings is 1. The molecule has 20 heavy (non-hydrogen) atoms. The van der Waals surface area contributed by atoms with Gasteiger partial charge in [-0.2, -0.15) is 0 Å². The Morgan fingerprint density at radius 1 is 1.40 bits per heavy atom. The third kappa shape index (κ3) is 2.83. The molecule has 0 spiro atoms. The average Bonchev–Trinajstić information content (AvgIpc) is 2.89. The van der Waals surface area contributed by atoms with Crippen molar-refractivity contribution in [3.63, 3.8) is 0 Å². The van der Waals surface area contributed by atoms with E-state index in [1.54, 1.807) is 0 Å². The van der Waals surface area contributed by atoms with Crippen LogP contribution in [-0.4, -0.2) is 30.6 Å². The van der Waals surface area contributed by atoms with E-state index in [1.165, 1.54) is 18.6 Å². The maximum Gasteiger partial charge on any atom is 0.292 e. The summed E-state index contributed by atoms with van der Waals surface area (Å²) in [6.07, 6.45) is 0. The van der Waals surface area contributed by atoms with Crippen LogP contribution in [0.2, 0.25) is 0 Å². The fourth-order valence-corrected chi connectivity index (χ4v) is 3.15. The zero-order valence-electron chi connectivity index (χ0n) is 10.1. The maximum atomic E-state index is 12.1. The second-order valence-corrected chi connectivity index (χ2v) is 6.05. The van der Waals surface area contributed by atoms with Crippen LogP contribution >= 0.6 is 11.3 Å². The summed E-state index contributed by atoms with van der Waals surface area (Å²) < 4.78 is 26.4. The number of anilines is 2. The first-order valence-electron chi connectivity index (χ1n) is 5.19. The lowest BCUT2D eigenvalue weighted by Crippen LogP contribution is -2.13. The standard InChI is InChI=1S/C9H9N5O4S2/c1-10-7-4-6(2-3-8(7)14(15)16)20(17,18)13-9-12-11-5-19-9/h2-5,10H,1H3,(H,12,13). The molecule has 0 amide bonds. The number of hydrogen-bond acceptors (Lipinski definition) is 8. The van der Waals surface area contributed by atoms with Gasteiger partial charge in [-0.15, -0.1) is 10.2 Å². The summed E-state index contributed by atoms with van der Waals surface area (Å²) >= 11 is 1.03. The van der Waals surface area contributed by atoms with Crippen molar-refractivity contribution in [1.29, 1.82) is 0 Å². The number of sulfonamides is 1. The molecule has 2 rings (SSSR count). The predicted molar refractivity (Wildman–Crippen MR) is 73.4 cm³/mol. The first-order valence-corrected chi connectivity index (χ1v) is 7.55. The van der Waals surface area contributed by atoms with E-state index in [-0.39, 0.29) is 21.4 Å². The molecule has 0 fully saturated rings. The first-order chi connectivity index (χ1) is 9.44. The van der Waals surface area contributed by atoms with Gasteiger partial charge in [0.2, 0.25) is 5.13 Å². The molecule has 0 unspecified atom stereocenters. The van der Waals surface area contributed by atoms with Crippen LogP contribution in [0, 0.1) is 10.1 Å². The Balaban J connectivity index is 2.40. The summed E-state index contributed by atoms with van der Waals surface area (Å²) in [5.74, 6) is 0. The number of nitro groups is 1. The number of nitrogens with zero attached hydrogens (tertiary/aromatic N) is 3. The lowest BCUT2D eigenvalue weighted by atomic mass is 10.3. The molecule has 0 saturated heterocycles. The Kier molecular flexibility index (Phi) is 3.81. The molecule has 0 atom stereocenters. The molecular weight excluding hydrogens is 306 g/mol. The topological polar surface area (TPSA) is 127 Å². The van der Waals surface area contributed by atoms with Crippen molar-refractivity contribution in [2.24, 2.45) is 0 Å². The molecule has 9 nitrogen and oxygen atoms in total. The maximum absolute atomic E-state index is 12.1. The second kappa shape index (κ2) is 5.38. The summed E-state index contributed by atoms with van der Waals surface area (Å²) in [6.45, 7) is 0. The molecule has 2 N–H and O–H groups in total. The van der Waals surface area contributed by atoms with Gasteiger partial charge in [0, 0.05) is 13.1 Å². The number of rotatable bonds is 5. The second-order valence-electron chi connectivity index (χ2n) is 3.54. The van der Waals surface area contributed by atoms with Crippen molar-refractivity contribution in [1.82, 2.24) is 10.2 Å². The van der Waals surface area contributed by atoms with Crippen LogP contribution in [0.1, 0.15) is 0 Å². The van der Waals surface area contributed by atoms with E-state index < -0.39 is 14.9 Å². The summed E-state index contributed by atoms with van der Waals surface area (Å²) in [5.41, 5.74) is 1.28. The highest BCUT2D eigenvalue weighted by Gasteiger charge is 2.20. The van der Waals surface area contributed by atoms with Crippen molar-refractivity contribution in [2.75, 3.05) is 17.1 Å². The van der Waals surface area contributed by atoms with Gasteiger partial charge in [-0.05, 0) is 12.1 Å². The van der Waals surface area contributed by atoms with Crippen molar-refractivity contribution < 1.29 is 13.3 Å². The van der Waals surface area contributed by atoms with E-state index in [1.807, 2.05) is 0 Å². The van der Waals surface area contributed by atoms with Gasteiger partial charge in [0.25, 0.3) is 15.7 Å². The van der Waals surface area contributed by atoms with Crippen LogP contribution in [0.3, 0.4) is 0 Å². The van der Waals surface area contributed by atoms with Gasteiger partial charge in [0.1, 0.15) is 11.2 Å². The van der Waals surface area contributed by atoms with Crippen molar-refractivity contribution in [3.05, 3.63) is 33.8 Å². The smallest absolute Gasteiger partial charge is 0.292 e. The van der Waals surface area contributed by atoms with Crippen molar-refractivity contribution in [3.8, 4) is 0 Å². The van der Waals surface area contributed by atoms with Gasteiger partial charge in [-0.25, -0.2) is 8.42 Å². The SMILES string of the molecule is CNc1cc(S(=O)(=O)Nc2nncs2)ccc1[N+](=O)[O-]. The minimum atomic E-state index is -3.86. The molecule has 0 bridgehead atoms. The molecular formula is C9H9N5O4S2. The van der Waals surface area contributed by atoms with Crippen LogP contribution in [-0.2, 0) is 10.0 Å². The molecule has 106 valence electrons. The fourth-order valence-electron chi connectivity index (χ4n) is 1.43. The lowest BCUT2D eigenvalue weighted by molar-refractivity contribution is -0.384. The molecule has 1 aromatic carbocycles. The van der Waals surface area contributed by atoms with Gasteiger partial charge in [-0.1, -0.05) is 11.3 Å². The van der Waals surface area contributed by atoms with Gasteiger partial charge in [-0.3, -0.25) is 14.8 Å². The minimum absolute atomic E-state index is 0.107. The molecule has 1 heterocycles. The fraction of sp³-hybridized carbons (Fsp3) is 0.111. The molecule has 0 aliphatic heterocycles. The van der Waals surface area contributed by atoms with Crippen LogP contribution in [0.15, 0.2) is 28.6 Å². The number of aromatic nitrogens is 2. The van der Waals surface area contributed by atoms with E-state index in [0.29, 0.717) is 0 Å². The highest BCUT2D eigenvalue weighted by molar-refractivity contribution is 7.93. The van der Waals surface area contributed by atoms with Gasteiger partial charge in [0.15, 0.2) is 0 Å². The largest absolute Gasteiger partial charge is 0.383 e. The molecule has 2 aromatic rings. The van der Waals surface area contributed by atoms with Gasteiger partial charge >= 0.3 is 0 Å². The molecule has 11 heteroatoms. The van der Waals surface area contributed by atoms with Crippen molar-refractivity contribution in [2.45, 2.75) is 4.90 Å². The molecule has 0 saturated carbocycles. The summed E-state index contributed by atoms with van der Waals surface area (Å²) in [5, 5.41) is 20.6. The van der Waals surface area contributed by atoms with Crippen molar-refractivity contribution >= 4 is 37.9 Å². The Bertz CT molecular complexity index is 729. The van der Waals surface area contributed by atoms with E-state index in [2.05, 4.69) is 20.2 Å². The average molecular weight is 315 g/mol. The highest BCUT2D eigenvalue weighted by atomic mass is 32.2. The summed E-state index contributed by atoms with van der Waals surface area (Å²) in [7, 11) is -2.39. The highest BCUT2D eigenvalue weighted by Crippen LogP contribution is 2.27. The third-order valence-corrected chi connectivity index (χ3v) is 4.40. The lowest BCUT2D eigenvalue weighted by Gasteiger charge is -2.07. The normalized spacial score (nSPS) is 11.1.